The summed E-state index contributed by atoms with van der Waals surface area (Å²) in [5, 5.41) is 2.86. The summed E-state index contributed by atoms with van der Waals surface area (Å²) in [5.74, 6) is -0.334. The van der Waals surface area contributed by atoms with Crippen LogP contribution in [0, 0.1) is 6.92 Å². The summed E-state index contributed by atoms with van der Waals surface area (Å²) in [6.07, 6.45) is -4.40. The lowest BCUT2D eigenvalue weighted by atomic mass is 9.98. The molecule has 144 valence electrons. The van der Waals surface area contributed by atoms with Gasteiger partial charge in [-0.3, -0.25) is 4.79 Å². The van der Waals surface area contributed by atoms with Gasteiger partial charge in [0.05, 0.1) is 5.56 Å². The molecule has 0 saturated heterocycles. The van der Waals surface area contributed by atoms with Crippen molar-refractivity contribution in [3.05, 3.63) is 89.0 Å². The maximum atomic E-state index is 12.8. The molecule has 0 heterocycles. The van der Waals surface area contributed by atoms with Gasteiger partial charge in [0, 0.05) is 17.8 Å². The highest BCUT2D eigenvalue weighted by atomic mass is 19.4. The summed E-state index contributed by atoms with van der Waals surface area (Å²) in [7, 11) is 0. The van der Waals surface area contributed by atoms with E-state index in [4.69, 9.17) is 5.73 Å². The molecule has 3 N–H and O–H groups in total. The number of amides is 1. The van der Waals surface area contributed by atoms with Gasteiger partial charge in [-0.15, -0.1) is 0 Å². The number of nitrogens with two attached hydrogens (primary N) is 1. The smallest absolute Gasteiger partial charge is 0.326 e. The van der Waals surface area contributed by atoms with Crippen LogP contribution in [0.1, 0.15) is 27.0 Å². The van der Waals surface area contributed by atoms with E-state index < -0.39 is 11.7 Å². The first-order valence-corrected chi connectivity index (χ1v) is 8.67. The Balaban J connectivity index is 1.91. The van der Waals surface area contributed by atoms with Crippen molar-refractivity contribution in [3.8, 4) is 11.1 Å². The molecule has 0 fully saturated rings. The molecule has 3 aromatic rings. The second kappa shape index (κ2) is 7.86. The molecule has 0 saturated carbocycles. The molecule has 3 rings (SSSR count). The summed E-state index contributed by atoms with van der Waals surface area (Å²) in [5.41, 5.74) is 8.87. The fourth-order valence-electron chi connectivity index (χ4n) is 2.95. The Bertz CT molecular complexity index is 995. The second-order valence-electron chi connectivity index (χ2n) is 6.43. The molecule has 0 aliphatic rings. The number of anilines is 1. The van der Waals surface area contributed by atoms with Crippen molar-refractivity contribution >= 4 is 11.6 Å². The van der Waals surface area contributed by atoms with E-state index in [0.29, 0.717) is 28.9 Å². The second-order valence-corrected chi connectivity index (χ2v) is 6.43. The van der Waals surface area contributed by atoms with Crippen molar-refractivity contribution in [2.24, 2.45) is 5.73 Å². The zero-order valence-electron chi connectivity index (χ0n) is 15.2. The molecule has 0 atom stereocenters. The Morgan fingerprint density at radius 3 is 2.29 bits per heavy atom. The van der Waals surface area contributed by atoms with E-state index in [1.165, 1.54) is 12.1 Å². The lowest BCUT2D eigenvalue weighted by Gasteiger charge is -2.13. The molecule has 0 unspecified atom stereocenters. The minimum absolute atomic E-state index is 0.334. The van der Waals surface area contributed by atoms with E-state index in [1.807, 2.05) is 19.1 Å². The van der Waals surface area contributed by atoms with E-state index in [9.17, 15) is 18.0 Å². The fourth-order valence-corrected chi connectivity index (χ4v) is 2.95. The molecule has 3 nitrogen and oxygen atoms in total. The number of aryl methyl sites for hydroxylation is 1. The molecule has 28 heavy (non-hydrogen) atoms. The third-order valence-electron chi connectivity index (χ3n) is 4.47. The minimum Gasteiger partial charge on any atom is -0.326 e. The van der Waals surface area contributed by atoms with Crippen molar-refractivity contribution in [2.75, 3.05) is 5.32 Å². The predicted octanol–water partition coefficient (Wildman–Crippen LogP) is 5.39. The van der Waals surface area contributed by atoms with Gasteiger partial charge in [-0.05, 0) is 53.4 Å². The van der Waals surface area contributed by atoms with E-state index in [1.54, 1.807) is 30.3 Å². The largest absolute Gasteiger partial charge is 0.416 e. The quantitative estimate of drug-likeness (QED) is 0.633. The van der Waals surface area contributed by atoms with Gasteiger partial charge in [-0.1, -0.05) is 42.5 Å². The molecule has 0 bridgehead atoms. The van der Waals surface area contributed by atoms with Crippen molar-refractivity contribution < 1.29 is 18.0 Å². The van der Waals surface area contributed by atoms with Gasteiger partial charge in [0.25, 0.3) is 5.91 Å². The van der Waals surface area contributed by atoms with Crippen LogP contribution < -0.4 is 11.1 Å². The van der Waals surface area contributed by atoms with Crippen molar-refractivity contribution in [3.63, 3.8) is 0 Å². The van der Waals surface area contributed by atoms with Gasteiger partial charge < -0.3 is 11.1 Å². The monoisotopic (exact) mass is 384 g/mol. The van der Waals surface area contributed by atoms with Crippen LogP contribution in [0.15, 0.2) is 66.7 Å². The maximum Gasteiger partial charge on any atom is 0.416 e. The Morgan fingerprint density at radius 1 is 1.00 bits per heavy atom. The first-order valence-electron chi connectivity index (χ1n) is 8.67. The molecule has 0 radical (unpaired) electrons. The number of carbonyl (C=O) groups is 1. The molecule has 1 amide bonds. The Morgan fingerprint density at radius 2 is 1.68 bits per heavy atom. The maximum absolute atomic E-state index is 12.8. The number of halogens is 3. The van der Waals surface area contributed by atoms with Gasteiger partial charge in [0.1, 0.15) is 0 Å². The highest BCUT2D eigenvalue weighted by molar-refractivity contribution is 6.09. The van der Waals surface area contributed by atoms with Gasteiger partial charge in [-0.25, -0.2) is 0 Å². The topological polar surface area (TPSA) is 55.1 Å². The number of carbonyl (C=O) groups excluding carboxylic acids is 1. The van der Waals surface area contributed by atoms with Crippen LogP contribution in [0.4, 0.5) is 18.9 Å². The summed E-state index contributed by atoms with van der Waals surface area (Å²) >= 11 is 0. The van der Waals surface area contributed by atoms with Crippen LogP contribution >= 0.6 is 0 Å². The normalized spacial score (nSPS) is 11.3. The van der Waals surface area contributed by atoms with Gasteiger partial charge in [0.2, 0.25) is 0 Å². The number of nitrogens with one attached hydrogen (secondary N) is 1. The lowest BCUT2D eigenvalue weighted by molar-refractivity contribution is -0.137. The molecule has 0 aliphatic heterocycles. The van der Waals surface area contributed by atoms with Gasteiger partial charge >= 0.3 is 6.18 Å². The van der Waals surface area contributed by atoms with E-state index in [-0.39, 0.29) is 5.91 Å². The van der Waals surface area contributed by atoms with Crippen molar-refractivity contribution in [1.29, 1.82) is 0 Å². The Kier molecular flexibility index (Phi) is 5.51. The summed E-state index contributed by atoms with van der Waals surface area (Å²) in [6.45, 7) is 2.28. The SMILES string of the molecule is Cc1cc(CN)ccc1NC(=O)c1ccccc1-c1ccc(C(F)(F)F)cc1. The van der Waals surface area contributed by atoms with Crippen LogP contribution in [-0.4, -0.2) is 5.91 Å². The average molecular weight is 384 g/mol. The van der Waals surface area contributed by atoms with Gasteiger partial charge in [-0.2, -0.15) is 13.2 Å². The summed E-state index contributed by atoms with van der Waals surface area (Å²) in [4.78, 5) is 12.8. The average Bonchev–Trinajstić information content (AvgIpc) is 2.69. The van der Waals surface area contributed by atoms with Crippen LogP contribution in [0.25, 0.3) is 11.1 Å². The Labute approximate surface area is 161 Å². The van der Waals surface area contributed by atoms with Crippen LogP contribution in [-0.2, 0) is 12.7 Å². The summed E-state index contributed by atoms with van der Waals surface area (Å²) in [6, 6.07) is 17.1. The van der Waals surface area contributed by atoms with Gasteiger partial charge in [0.15, 0.2) is 0 Å². The minimum atomic E-state index is -4.40. The molecular weight excluding hydrogens is 365 g/mol. The number of alkyl halides is 3. The molecule has 0 aliphatic carbocycles. The van der Waals surface area contributed by atoms with Crippen LogP contribution in [0.5, 0.6) is 0 Å². The number of hydrogen-bond donors (Lipinski definition) is 2. The first-order chi connectivity index (χ1) is 13.3. The fraction of sp³-hybridized carbons (Fsp3) is 0.136. The number of benzene rings is 3. The zero-order valence-corrected chi connectivity index (χ0v) is 15.2. The summed E-state index contributed by atoms with van der Waals surface area (Å²) < 4.78 is 38.4. The highest BCUT2D eigenvalue weighted by Gasteiger charge is 2.30. The molecule has 0 spiro atoms. The van der Waals surface area contributed by atoms with Crippen molar-refractivity contribution in [1.82, 2.24) is 0 Å². The third kappa shape index (κ3) is 4.23. The van der Waals surface area contributed by atoms with Crippen LogP contribution in [0.3, 0.4) is 0 Å². The van der Waals surface area contributed by atoms with Crippen molar-refractivity contribution in [2.45, 2.75) is 19.6 Å². The zero-order chi connectivity index (χ0) is 20.3. The van der Waals surface area contributed by atoms with Crippen LogP contribution in [0.2, 0.25) is 0 Å². The Hall–Kier alpha value is -3.12. The molecule has 6 heteroatoms. The van der Waals surface area contributed by atoms with E-state index >= 15 is 0 Å². The number of hydrogen-bond acceptors (Lipinski definition) is 2. The third-order valence-corrected chi connectivity index (χ3v) is 4.47. The van der Waals surface area contributed by atoms with E-state index in [2.05, 4.69) is 5.32 Å². The highest BCUT2D eigenvalue weighted by Crippen LogP contribution is 2.32. The predicted molar refractivity (Wildman–Crippen MR) is 104 cm³/mol. The first kappa shape index (κ1) is 19.6. The molecular formula is C22H19F3N2O. The number of rotatable bonds is 4. The van der Waals surface area contributed by atoms with E-state index in [0.717, 1.165) is 23.3 Å². The molecule has 3 aromatic carbocycles. The standard InChI is InChI=1S/C22H19F3N2O/c1-14-12-15(13-26)6-11-20(14)27-21(28)19-5-3-2-4-18(19)16-7-9-17(10-8-16)22(23,24)25/h2-12H,13,26H2,1H3,(H,27,28). The lowest BCUT2D eigenvalue weighted by Crippen LogP contribution is -2.14. The molecule has 0 aromatic heterocycles.